The molecule has 1 aromatic rings. The van der Waals surface area contributed by atoms with E-state index in [1.165, 1.54) is 13.8 Å². The molecule has 36 heavy (non-hydrogen) atoms. The number of carboxylic acid groups (broad SMARTS) is 1. The summed E-state index contributed by atoms with van der Waals surface area (Å²) < 4.78 is 6.00. The molecule has 0 amide bonds. The van der Waals surface area contributed by atoms with Gasteiger partial charge < -0.3 is 25.8 Å². The van der Waals surface area contributed by atoms with Crippen LogP contribution in [0.2, 0.25) is 0 Å². The lowest BCUT2D eigenvalue weighted by molar-refractivity contribution is -0.147. The summed E-state index contributed by atoms with van der Waals surface area (Å²) >= 11 is 1.61. The molecular formula is C27H44N2O6S. The molecule has 2 heterocycles. The third kappa shape index (κ3) is 7.92. The molecule has 0 spiro atoms. The quantitative estimate of drug-likeness (QED) is 0.252. The third-order valence-electron chi connectivity index (χ3n) is 7.78. The van der Waals surface area contributed by atoms with Crippen molar-refractivity contribution < 1.29 is 29.6 Å². The Morgan fingerprint density at radius 1 is 1.33 bits per heavy atom. The number of ketones is 1. The molecule has 0 saturated carbocycles. The fourth-order valence-electron chi connectivity index (χ4n) is 4.78. The number of Topliss-reactive ketones (excluding diaryl/α,β-unsaturated/α-hetero) is 1. The average molecular weight is 525 g/mol. The van der Waals surface area contributed by atoms with Crippen molar-refractivity contribution in [3.8, 4) is 0 Å². The lowest BCUT2D eigenvalue weighted by Gasteiger charge is -2.34. The molecule has 1 fully saturated rings. The number of aromatic nitrogens is 1. The van der Waals surface area contributed by atoms with E-state index in [1.807, 2.05) is 32.2 Å². The van der Waals surface area contributed by atoms with E-state index in [2.05, 4.69) is 11.9 Å². The molecular weight excluding hydrogens is 480 g/mol. The summed E-state index contributed by atoms with van der Waals surface area (Å²) in [6.45, 7) is 12.7. The fourth-order valence-corrected chi connectivity index (χ4v) is 5.35. The van der Waals surface area contributed by atoms with Crippen molar-refractivity contribution in [1.82, 2.24) is 4.98 Å². The van der Waals surface area contributed by atoms with Crippen molar-refractivity contribution in [3.63, 3.8) is 0 Å². The van der Waals surface area contributed by atoms with E-state index in [0.717, 1.165) is 42.0 Å². The summed E-state index contributed by atoms with van der Waals surface area (Å²) in [6.07, 6.45) is 2.53. The number of aryl methyl sites for hydroxylation is 1. The first-order valence-electron chi connectivity index (χ1n) is 12.7. The van der Waals surface area contributed by atoms with Crippen molar-refractivity contribution >= 4 is 29.2 Å². The van der Waals surface area contributed by atoms with Gasteiger partial charge in [0.1, 0.15) is 5.78 Å². The molecule has 0 radical (unpaired) electrons. The molecule has 0 aromatic carbocycles. The first kappa shape index (κ1) is 30.6. The predicted molar refractivity (Wildman–Crippen MR) is 142 cm³/mol. The van der Waals surface area contributed by atoms with Crippen molar-refractivity contribution in [3.05, 3.63) is 21.7 Å². The first-order valence-corrected chi connectivity index (χ1v) is 13.6. The normalized spacial score (nSPS) is 24.6. The van der Waals surface area contributed by atoms with Crippen molar-refractivity contribution in [2.75, 3.05) is 0 Å². The molecule has 1 saturated heterocycles. The van der Waals surface area contributed by atoms with Gasteiger partial charge in [0.25, 0.3) is 0 Å². The highest BCUT2D eigenvalue weighted by molar-refractivity contribution is 7.09. The van der Waals surface area contributed by atoms with Crippen LogP contribution in [-0.4, -0.2) is 62.0 Å². The van der Waals surface area contributed by atoms with Gasteiger partial charge in [0.2, 0.25) is 0 Å². The van der Waals surface area contributed by atoms with Crippen LogP contribution in [0.3, 0.4) is 0 Å². The van der Waals surface area contributed by atoms with Gasteiger partial charge in [0.15, 0.2) is 0 Å². The van der Waals surface area contributed by atoms with Gasteiger partial charge >= 0.3 is 5.97 Å². The molecule has 1 aromatic heterocycles. The number of carbonyl (C=O) groups is 2. The number of epoxide rings is 1. The van der Waals surface area contributed by atoms with Gasteiger partial charge in [-0.05, 0) is 52.0 Å². The Labute approximate surface area is 219 Å². The summed E-state index contributed by atoms with van der Waals surface area (Å²) in [6, 6.07) is -0.105. The van der Waals surface area contributed by atoms with Crippen LogP contribution in [0.5, 0.6) is 0 Å². The van der Waals surface area contributed by atoms with E-state index in [-0.39, 0.29) is 29.4 Å². The Morgan fingerprint density at radius 2 is 1.97 bits per heavy atom. The average Bonchev–Trinajstić information content (AvgIpc) is 3.22. The van der Waals surface area contributed by atoms with Gasteiger partial charge in [-0.15, -0.1) is 11.3 Å². The van der Waals surface area contributed by atoms with Crippen LogP contribution in [-0.2, 0) is 14.3 Å². The van der Waals surface area contributed by atoms with Crippen LogP contribution >= 0.6 is 11.3 Å². The first-order chi connectivity index (χ1) is 16.6. The number of hydrogen-bond acceptors (Lipinski definition) is 8. The highest BCUT2D eigenvalue weighted by atomic mass is 32.1. The number of carbonyl (C=O) groups excluding carboxylic acids is 1. The Balaban J connectivity index is 1.80. The number of aliphatic hydroxyl groups excluding tert-OH is 2. The van der Waals surface area contributed by atoms with E-state index in [1.54, 1.807) is 18.3 Å². The second-order valence-corrected chi connectivity index (χ2v) is 12.4. The number of ether oxygens (including phenoxy) is 1. The van der Waals surface area contributed by atoms with E-state index in [9.17, 15) is 19.8 Å². The Bertz CT molecular complexity index is 944. The molecule has 1 aliphatic heterocycles. The fraction of sp³-hybridized carbons (Fsp3) is 0.741. The van der Waals surface area contributed by atoms with Gasteiger partial charge in [-0.1, -0.05) is 39.7 Å². The van der Waals surface area contributed by atoms with Gasteiger partial charge in [-0.25, -0.2) is 4.98 Å². The van der Waals surface area contributed by atoms with Crippen LogP contribution in [0.1, 0.15) is 84.3 Å². The second-order valence-electron chi connectivity index (χ2n) is 11.3. The highest BCUT2D eigenvalue weighted by Crippen LogP contribution is 2.44. The highest BCUT2D eigenvalue weighted by Gasteiger charge is 2.51. The zero-order valence-corrected chi connectivity index (χ0v) is 23.5. The monoisotopic (exact) mass is 524 g/mol. The number of nitrogens with zero attached hydrogens (tertiary/aromatic N) is 1. The molecule has 1 aliphatic rings. The smallest absolute Gasteiger partial charge is 0.306 e. The summed E-state index contributed by atoms with van der Waals surface area (Å²) in [7, 11) is 0. The van der Waals surface area contributed by atoms with Gasteiger partial charge in [-0.3, -0.25) is 9.59 Å². The minimum atomic E-state index is -1.31. The zero-order valence-electron chi connectivity index (χ0n) is 22.7. The summed E-state index contributed by atoms with van der Waals surface area (Å²) in [5.41, 5.74) is 6.92. The number of rotatable bonds is 15. The van der Waals surface area contributed by atoms with Crippen molar-refractivity contribution in [2.45, 2.75) is 111 Å². The maximum Gasteiger partial charge on any atom is 0.306 e. The van der Waals surface area contributed by atoms with E-state index < -0.39 is 35.9 Å². The number of aliphatic hydroxyl groups is 2. The van der Waals surface area contributed by atoms with Gasteiger partial charge in [0, 0.05) is 17.3 Å². The largest absolute Gasteiger partial charge is 0.481 e. The molecule has 7 atom stereocenters. The molecule has 0 bridgehead atoms. The minimum absolute atomic E-state index is 0.0882. The van der Waals surface area contributed by atoms with E-state index in [0.29, 0.717) is 0 Å². The van der Waals surface area contributed by atoms with Crippen LogP contribution < -0.4 is 5.73 Å². The van der Waals surface area contributed by atoms with Crippen LogP contribution in [0, 0.1) is 24.2 Å². The molecule has 0 aliphatic carbocycles. The standard InChI is InChI=1S/C27H44N2O6S/c1-15(24(33)17(3)25(34)26(5,6)21(30)13-23(31)32)9-8-10-27(7)22(35-27)12-20(28)16(2)11-19-14-36-18(4)29-19/h11,14-15,17,20-22,24,30,33H,8-10,12-13,28H2,1-7H3,(H,31,32)/b16-11+. The van der Waals surface area contributed by atoms with Crippen LogP contribution in [0.15, 0.2) is 11.0 Å². The molecule has 5 N–H and O–H groups in total. The number of aliphatic carboxylic acids is 1. The van der Waals surface area contributed by atoms with E-state index in [4.69, 9.17) is 15.6 Å². The summed E-state index contributed by atoms with van der Waals surface area (Å²) in [5, 5.41) is 33.0. The predicted octanol–water partition coefficient (Wildman–Crippen LogP) is 3.96. The Morgan fingerprint density at radius 3 is 2.53 bits per heavy atom. The Hall–Kier alpha value is -1.65. The number of hydrogen-bond donors (Lipinski definition) is 4. The maximum atomic E-state index is 12.9. The second kappa shape index (κ2) is 12.3. The Kier molecular flexibility index (Phi) is 10.4. The molecule has 7 unspecified atom stereocenters. The minimum Gasteiger partial charge on any atom is -0.481 e. The molecule has 9 heteroatoms. The lowest BCUT2D eigenvalue weighted by atomic mass is 9.73. The summed E-state index contributed by atoms with van der Waals surface area (Å²) in [4.78, 5) is 28.3. The molecule has 2 rings (SSSR count). The van der Waals surface area contributed by atoms with E-state index >= 15 is 0 Å². The SMILES string of the molecule is C/C(=C\c1csc(C)n1)C(N)CC1OC1(C)CCCC(C)C(O)C(C)C(=O)C(C)(C)C(O)CC(=O)O. The number of thiazole rings is 1. The molecule has 204 valence electrons. The van der Waals surface area contributed by atoms with Gasteiger partial charge in [-0.2, -0.15) is 0 Å². The summed E-state index contributed by atoms with van der Waals surface area (Å²) in [5.74, 6) is -2.35. The third-order valence-corrected chi connectivity index (χ3v) is 8.57. The van der Waals surface area contributed by atoms with Crippen LogP contribution in [0.4, 0.5) is 0 Å². The number of nitrogens with two attached hydrogens (primary N) is 1. The van der Waals surface area contributed by atoms with Crippen molar-refractivity contribution in [1.29, 1.82) is 0 Å². The topological polar surface area (TPSA) is 146 Å². The van der Waals surface area contributed by atoms with Crippen molar-refractivity contribution in [2.24, 2.45) is 23.0 Å². The van der Waals surface area contributed by atoms with Crippen LogP contribution in [0.25, 0.3) is 6.08 Å². The lowest BCUT2D eigenvalue weighted by Crippen LogP contribution is -2.45. The zero-order chi connectivity index (χ0) is 27.4. The molecule has 8 nitrogen and oxygen atoms in total. The maximum absolute atomic E-state index is 12.9. The number of carboxylic acids is 1. The van der Waals surface area contributed by atoms with Gasteiger partial charge in [0.05, 0.1) is 46.5 Å².